The van der Waals surface area contributed by atoms with Crippen molar-refractivity contribution in [1.82, 2.24) is 14.9 Å². The molecular formula is C34H35ClFN3O4S. The summed E-state index contributed by atoms with van der Waals surface area (Å²) in [4.78, 5) is 29.4. The van der Waals surface area contributed by atoms with Gasteiger partial charge in [-0.25, -0.2) is 17.5 Å². The van der Waals surface area contributed by atoms with Crippen LogP contribution in [0.25, 0.3) is 0 Å². The molecule has 0 spiro atoms. The van der Waals surface area contributed by atoms with Gasteiger partial charge in [0.25, 0.3) is 0 Å². The monoisotopic (exact) mass is 635 g/mol. The minimum Gasteiger partial charge on any atom is -0.350 e. The van der Waals surface area contributed by atoms with Gasteiger partial charge in [0.2, 0.25) is 21.8 Å². The number of hydrogen-bond donors (Lipinski definition) is 2. The number of halogens is 2. The molecule has 0 aliphatic carbocycles. The number of nitrogens with zero attached hydrogens (tertiary/aromatic N) is 1. The normalized spacial score (nSPS) is 12.0. The molecule has 7 nitrogen and oxygen atoms in total. The molecule has 4 rings (SSSR count). The van der Waals surface area contributed by atoms with E-state index < -0.39 is 21.9 Å². The Kier molecular flexibility index (Phi) is 11.7. The maximum Gasteiger partial charge on any atom is 0.243 e. The third-order valence-corrected chi connectivity index (χ3v) is 9.07. The van der Waals surface area contributed by atoms with Gasteiger partial charge >= 0.3 is 0 Å². The molecule has 44 heavy (non-hydrogen) atoms. The summed E-state index contributed by atoms with van der Waals surface area (Å²) < 4.78 is 40.8. The van der Waals surface area contributed by atoms with Gasteiger partial charge in [-0.15, -0.1) is 0 Å². The molecule has 230 valence electrons. The lowest BCUT2D eigenvalue weighted by Gasteiger charge is -2.32. The Bertz CT molecular complexity index is 1650. The summed E-state index contributed by atoms with van der Waals surface area (Å²) in [6.45, 7) is 2.26. The molecule has 2 amide bonds. The zero-order chi connectivity index (χ0) is 31.5. The van der Waals surface area contributed by atoms with Crippen LogP contribution < -0.4 is 10.0 Å². The predicted molar refractivity (Wildman–Crippen MR) is 170 cm³/mol. The summed E-state index contributed by atoms with van der Waals surface area (Å²) in [5, 5.41) is 3.48. The van der Waals surface area contributed by atoms with Crippen LogP contribution in [0, 0.1) is 5.82 Å². The van der Waals surface area contributed by atoms with E-state index in [1.165, 1.54) is 29.2 Å². The maximum atomic E-state index is 13.9. The molecule has 0 unspecified atom stereocenters. The smallest absolute Gasteiger partial charge is 0.243 e. The summed E-state index contributed by atoms with van der Waals surface area (Å²) in [6, 6.07) is 28.0. The summed E-state index contributed by atoms with van der Waals surface area (Å²) in [7, 11) is -3.59. The molecule has 2 N–H and O–H groups in total. The summed E-state index contributed by atoms with van der Waals surface area (Å²) >= 11 is 6.32. The van der Waals surface area contributed by atoms with Crippen molar-refractivity contribution >= 4 is 33.4 Å². The van der Waals surface area contributed by atoms with Crippen LogP contribution in [0.2, 0.25) is 5.02 Å². The van der Waals surface area contributed by atoms with Crippen molar-refractivity contribution < 1.29 is 22.4 Å². The van der Waals surface area contributed by atoms with Crippen LogP contribution in [-0.2, 0) is 45.5 Å². The highest BCUT2D eigenvalue weighted by atomic mass is 35.5. The van der Waals surface area contributed by atoms with Gasteiger partial charge in [-0.1, -0.05) is 91.3 Å². The van der Waals surface area contributed by atoms with E-state index in [0.717, 1.165) is 16.7 Å². The number of rotatable bonds is 14. The lowest BCUT2D eigenvalue weighted by atomic mass is 10.0. The average molecular weight is 636 g/mol. The number of hydrogen-bond acceptors (Lipinski definition) is 4. The molecule has 1 atom stereocenters. The number of nitrogens with one attached hydrogen (secondary N) is 2. The van der Waals surface area contributed by atoms with E-state index in [1.807, 2.05) is 48.5 Å². The summed E-state index contributed by atoms with van der Waals surface area (Å²) in [6.07, 6.45) is 0.669. The number of aryl methyl sites for hydroxylation is 1. The second-order valence-electron chi connectivity index (χ2n) is 10.3. The number of amides is 2. The third-order valence-electron chi connectivity index (χ3n) is 7.14. The standard InChI is InChI=1S/C34H35ClFN3O4S/c1-2-38-44(42,43)30-19-14-25(15-20-30)16-21-33(40)39(24-27-12-17-29(36)18-13-27)32(22-26-8-4-3-5-9-26)34(41)37-23-28-10-6-7-11-31(28)35/h3-15,17-20,32,38H,2,16,21-24H2,1H3,(H,37,41)/t32-/m0/s1. The van der Waals surface area contributed by atoms with Crippen molar-refractivity contribution in [2.24, 2.45) is 0 Å². The van der Waals surface area contributed by atoms with Gasteiger partial charge in [-0.3, -0.25) is 9.59 Å². The second-order valence-corrected chi connectivity index (χ2v) is 12.5. The first-order valence-electron chi connectivity index (χ1n) is 14.3. The number of sulfonamides is 1. The first-order chi connectivity index (χ1) is 21.2. The fourth-order valence-corrected chi connectivity index (χ4v) is 6.03. The lowest BCUT2D eigenvalue weighted by molar-refractivity contribution is -0.141. The minimum absolute atomic E-state index is 0.0730. The minimum atomic E-state index is -3.59. The van der Waals surface area contributed by atoms with Gasteiger partial charge < -0.3 is 10.2 Å². The van der Waals surface area contributed by atoms with Crippen LogP contribution in [0.1, 0.15) is 35.6 Å². The molecule has 0 aliphatic heterocycles. The van der Waals surface area contributed by atoms with Crippen LogP contribution >= 0.6 is 11.6 Å². The number of carbonyl (C=O) groups excluding carboxylic acids is 2. The van der Waals surface area contributed by atoms with E-state index in [4.69, 9.17) is 11.6 Å². The molecule has 0 heterocycles. The molecule has 0 aromatic heterocycles. The van der Waals surface area contributed by atoms with E-state index in [1.54, 1.807) is 37.3 Å². The van der Waals surface area contributed by atoms with E-state index >= 15 is 0 Å². The van der Waals surface area contributed by atoms with Crippen LogP contribution in [0.4, 0.5) is 4.39 Å². The van der Waals surface area contributed by atoms with Crippen molar-refractivity contribution in [3.63, 3.8) is 0 Å². The molecule has 4 aromatic rings. The van der Waals surface area contributed by atoms with Crippen LogP contribution in [0.5, 0.6) is 0 Å². The first kappa shape index (κ1) is 32.9. The highest BCUT2D eigenvalue weighted by Crippen LogP contribution is 2.19. The Morgan fingerprint density at radius 1 is 0.841 bits per heavy atom. The van der Waals surface area contributed by atoms with Crippen molar-refractivity contribution in [2.75, 3.05) is 6.54 Å². The van der Waals surface area contributed by atoms with Gasteiger partial charge in [0, 0.05) is 37.5 Å². The quantitative estimate of drug-likeness (QED) is 0.187. The highest BCUT2D eigenvalue weighted by Gasteiger charge is 2.30. The molecule has 10 heteroatoms. The van der Waals surface area contributed by atoms with Gasteiger partial charge in [-0.05, 0) is 59.0 Å². The van der Waals surface area contributed by atoms with Crippen LogP contribution in [0.3, 0.4) is 0 Å². The van der Waals surface area contributed by atoms with E-state index in [-0.39, 0.29) is 49.2 Å². The summed E-state index contributed by atoms with van der Waals surface area (Å²) in [5.41, 5.74) is 3.07. The SMILES string of the molecule is CCNS(=O)(=O)c1ccc(CCC(=O)N(Cc2ccc(F)cc2)[C@@H](Cc2ccccc2)C(=O)NCc2ccccc2Cl)cc1. The Hall–Kier alpha value is -4.05. The third kappa shape index (κ3) is 9.22. The maximum absolute atomic E-state index is 13.9. The largest absolute Gasteiger partial charge is 0.350 e. The second kappa shape index (κ2) is 15.6. The predicted octanol–water partition coefficient (Wildman–Crippen LogP) is 5.67. The van der Waals surface area contributed by atoms with E-state index in [0.29, 0.717) is 17.0 Å². The molecule has 0 saturated heterocycles. The van der Waals surface area contributed by atoms with Gasteiger partial charge in [-0.2, -0.15) is 0 Å². The van der Waals surface area contributed by atoms with E-state index in [2.05, 4.69) is 10.0 Å². The molecule has 4 aromatic carbocycles. The van der Waals surface area contributed by atoms with Crippen molar-refractivity contribution in [3.05, 3.63) is 136 Å². The van der Waals surface area contributed by atoms with Crippen molar-refractivity contribution in [2.45, 2.75) is 50.2 Å². The van der Waals surface area contributed by atoms with Crippen molar-refractivity contribution in [3.8, 4) is 0 Å². The Labute approximate surface area is 263 Å². The fourth-order valence-electron chi connectivity index (χ4n) is 4.79. The zero-order valence-electron chi connectivity index (χ0n) is 24.4. The fraction of sp³-hybridized carbons (Fsp3) is 0.235. The molecular weight excluding hydrogens is 601 g/mol. The van der Waals surface area contributed by atoms with E-state index in [9.17, 15) is 22.4 Å². The summed E-state index contributed by atoms with van der Waals surface area (Å²) in [5.74, 6) is -1.01. The lowest BCUT2D eigenvalue weighted by Crippen LogP contribution is -2.50. The Morgan fingerprint density at radius 3 is 2.14 bits per heavy atom. The highest BCUT2D eigenvalue weighted by molar-refractivity contribution is 7.89. The van der Waals surface area contributed by atoms with Gasteiger partial charge in [0.05, 0.1) is 4.90 Å². The average Bonchev–Trinajstić information content (AvgIpc) is 3.02. The Balaban J connectivity index is 1.59. The zero-order valence-corrected chi connectivity index (χ0v) is 26.0. The molecule has 0 fully saturated rings. The van der Waals surface area contributed by atoms with Gasteiger partial charge in [0.1, 0.15) is 11.9 Å². The van der Waals surface area contributed by atoms with Crippen LogP contribution in [-0.4, -0.2) is 37.7 Å². The number of benzene rings is 4. The van der Waals surface area contributed by atoms with Crippen LogP contribution in [0.15, 0.2) is 108 Å². The number of carbonyl (C=O) groups is 2. The van der Waals surface area contributed by atoms with Gasteiger partial charge in [0.15, 0.2) is 0 Å². The molecule has 0 saturated carbocycles. The first-order valence-corrected chi connectivity index (χ1v) is 16.2. The molecule has 0 bridgehead atoms. The molecule has 0 aliphatic rings. The van der Waals surface area contributed by atoms with Crippen molar-refractivity contribution in [1.29, 1.82) is 0 Å². The topological polar surface area (TPSA) is 95.6 Å². The Morgan fingerprint density at radius 2 is 1.48 bits per heavy atom. The molecule has 0 radical (unpaired) electrons.